The van der Waals surface area contributed by atoms with Crippen LogP contribution >= 0.6 is 15.9 Å². The molecule has 0 spiro atoms. The number of rotatable bonds is 6. The molecule has 0 N–H and O–H groups in total. The Kier molecular flexibility index (Phi) is 5.64. The van der Waals surface area contributed by atoms with Crippen LogP contribution < -0.4 is 9.04 Å². The Labute approximate surface area is 162 Å². The molecule has 0 unspecified atom stereocenters. The minimum Gasteiger partial charge on any atom is -0.496 e. The highest BCUT2D eigenvalue weighted by atomic mass is 79.9. The van der Waals surface area contributed by atoms with Gasteiger partial charge in [0.2, 0.25) is 0 Å². The lowest BCUT2D eigenvalue weighted by atomic mass is 10.2. The van der Waals surface area contributed by atoms with Crippen molar-refractivity contribution in [3.8, 4) is 5.75 Å². The topological polar surface area (TPSA) is 46.6 Å². The normalized spacial score (nSPS) is 11.2. The van der Waals surface area contributed by atoms with Crippen molar-refractivity contribution >= 4 is 31.6 Å². The number of benzene rings is 3. The second-order valence-electron chi connectivity index (χ2n) is 5.63. The van der Waals surface area contributed by atoms with Gasteiger partial charge in [-0.15, -0.1) is 0 Å². The van der Waals surface area contributed by atoms with E-state index in [-0.39, 0.29) is 11.4 Å². The van der Waals surface area contributed by atoms with Crippen molar-refractivity contribution in [3.05, 3.63) is 88.9 Å². The molecule has 0 amide bonds. The van der Waals surface area contributed by atoms with Crippen LogP contribution in [0, 0.1) is 0 Å². The van der Waals surface area contributed by atoms with Crippen LogP contribution in [-0.4, -0.2) is 15.5 Å². The van der Waals surface area contributed by atoms with Crippen LogP contribution in [0.15, 0.2) is 88.2 Å². The average molecular weight is 432 g/mol. The average Bonchev–Trinajstić information content (AvgIpc) is 2.67. The molecule has 4 nitrogen and oxygen atoms in total. The zero-order chi connectivity index (χ0) is 18.6. The molecule has 134 valence electrons. The lowest BCUT2D eigenvalue weighted by Gasteiger charge is -2.25. The molecule has 26 heavy (non-hydrogen) atoms. The smallest absolute Gasteiger partial charge is 0.264 e. The number of hydrogen-bond acceptors (Lipinski definition) is 3. The molecule has 0 radical (unpaired) electrons. The van der Waals surface area contributed by atoms with Crippen molar-refractivity contribution in [1.29, 1.82) is 0 Å². The summed E-state index contributed by atoms with van der Waals surface area (Å²) in [5.74, 6) is 0.582. The lowest BCUT2D eigenvalue weighted by molar-refractivity contribution is 0.411. The molecule has 0 atom stereocenters. The van der Waals surface area contributed by atoms with Gasteiger partial charge in [0.1, 0.15) is 5.75 Å². The maximum Gasteiger partial charge on any atom is 0.264 e. The first kappa shape index (κ1) is 18.5. The number of hydrogen-bond donors (Lipinski definition) is 0. The van der Waals surface area contributed by atoms with E-state index >= 15 is 0 Å². The molecule has 6 heteroatoms. The van der Waals surface area contributed by atoms with Crippen molar-refractivity contribution in [3.63, 3.8) is 0 Å². The van der Waals surface area contributed by atoms with Crippen LogP contribution in [0.25, 0.3) is 0 Å². The first-order valence-electron chi connectivity index (χ1n) is 7.97. The van der Waals surface area contributed by atoms with E-state index in [4.69, 9.17) is 4.74 Å². The third-order valence-electron chi connectivity index (χ3n) is 3.92. The second-order valence-corrected chi connectivity index (χ2v) is 8.35. The SMILES string of the molecule is COc1ccc(S(=O)(=O)N(Cc2ccccc2)c2ccccc2)cc1Br. The molecular formula is C20H18BrNO3S. The van der Waals surface area contributed by atoms with Crippen molar-refractivity contribution in [1.82, 2.24) is 0 Å². The summed E-state index contributed by atoms with van der Waals surface area (Å²) in [4.78, 5) is 0.199. The summed E-state index contributed by atoms with van der Waals surface area (Å²) < 4.78 is 33.9. The number of nitrogens with zero attached hydrogens (tertiary/aromatic N) is 1. The molecule has 0 aliphatic heterocycles. The maximum atomic E-state index is 13.4. The highest BCUT2D eigenvalue weighted by molar-refractivity contribution is 9.10. The van der Waals surface area contributed by atoms with Gasteiger partial charge in [0.05, 0.1) is 28.7 Å². The number of sulfonamides is 1. The highest BCUT2D eigenvalue weighted by Gasteiger charge is 2.26. The summed E-state index contributed by atoms with van der Waals surface area (Å²) >= 11 is 3.36. The van der Waals surface area contributed by atoms with Gasteiger partial charge < -0.3 is 4.74 Å². The number of anilines is 1. The van der Waals surface area contributed by atoms with Crippen LogP contribution in [0.1, 0.15) is 5.56 Å². The summed E-state index contributed by atoms with van der Waals surface area (Å²) in [5, 5.41) is 0. The Morgan fingerprint density at radius 3 is 2.12 bits per heavy atom. The minimum atomic E-state index is -3.75. The van der Waals surface area contributed by atoms with Gasteiger partial charge >= 0.3 is 0 Å². The van der Waals surface area contributed by atoms with Gasteiger partial charge in [-0.25, -0.2) is 8.42 Å². The highest BCUT2D eigenvalue weighted by Crippen LogP contribution is 2.31. The zero-order valence-corrected chi connectivity index (χ0v) is 16.6. The predicted octanol–water partition coefficient (Wildman–Crippen LogP) is 4.85. The number of halogens is 1. The monoisotopic (exact) mass is 431 g/mol. The van der Waals surface area contributed by atoms with Crippen LogP contribution in [-0.2, 0) is 16.6 Å². The van der Waals surface area contributed by atoms with Crippen LogP contribution in [0.4, 0.5) is 5.69 Å². The van der Waals surface area contributed by atoms with Crippen molar-refractivity contribution < 1.29 is 13.2 Å². The Bertz CT molecular complexity index is 976. The van der Waals surface area contributed by atoms with Gasteiger partial charge in [-0.1, -0.05) is 48.5 Å². The maximum absolute atomic E-state index is 13.4. The standard InChI is InChI=1S/C20H18BrNO3S/c1-25-20-13-12-18(14-19(20)21)26(23,24)22(17-10-6-3-7-11-17)15-16-8-4-2-5-9-16/h2-14H,15H2,1H3. The van der Waals surface area contributed by atoms with Crippen LogP contribution in [0.2, 0.25) is 0 Å². The number of methoxy groups -OCH3 is 1. The molecule has 0 fully saturated rings. The summed E-state index contributed by atoms with van der Waals surface area (Å²) in [5.41, 5.74) is 1.52. The van der Waals surface area contributed by atoms with E-state index in [1.54, 1.807) is 37.4 Å². The Morgan fingerprint density at radius 2 is 1.54 bits per heavy atom. The van der Waals surface area contributed by atoms with Crippen molar-refractivity contribution in [2.24, 2.45) is 0 Å². The summed E-state index contributed by atoms with van der Waals surface area (Å²) in [6, 6.07) is 23.4. The van der Waals surface area contributed by atoms with E-state index in [1.807, 2.05) is 48.5 Å². The number of para-hydroxylation sites is 1. The van der Waals surface area contributed by atoms with Crippen LogP contribution in [0.5, 0.6) is 5.75 Å². The van der Waals surface area contributed by atoms with Gasteiger partial charge in [-0.2, -0.15) is 0 Å². The van der Waals surface area contributed by atoms with E-state index in [2.05, 4.69) is 15.9 Å². The second kappa shape index (κ2) is 7.93. The molecule has 0 aliphatic rings. The van der Waals surface area contributed by atoms with Crippen LogP contribution in [0.3, 0.4) is 0 Å². The first-order valence-corrected chi connectivity index (χ1v) is 10.2. The molecule has 0 aromatic heterocycles. The van der Waals surface area contributed by atoms with Gasteiger partial charge in [0, 0.05) is 0 Å². The molecule has 0 saturated carbocycles. The Balaban J connectivity index is 2.06. The molecule has 0 aliphatic carbocycles. The Hall–Kier alpha value is -2.31. The first-order chi connectivity index (χ1) is 12.5. The molecule has 0 heterocycles. The molecule has 0 saturated heterocycles. The van der Waals surface area contributed by atoms with Gasteiger partial charge in [0.15, 0.2) is 0 Å². The van der Waals surface area contributed by atoms with E-state index in [0.29, 0.717) is 15.9 Å². The molecule has 3 rings (SSSR count). The van der Waals surface area contributed by atoms with E-state index in [0.717, 1.165) is 5.56 Å². The molecule has 3 aromatic carbocycles. The third-order valence-corrected chi connectivity index (χ3v) is 6.31. The molecule has 0 bridgehead atoms. The van der Waals surface area contributed by atoms with Crippen molar-refractivity contribution in [2.45, 2.75) is 11.4 Å². The fraction of sp³-hybridized carbons (Fsp3) is 0.100. The quantitative estimate of drug-likeness (QED) is 0.559. The molecular weight excluding hydrogens is 414 g/mol. The lowest BCUT2D eigenvalue weighted by Crippen LogP contribution is -2.30. The predicted molar refractivity (Wildman–Crippen MR) is 107 cm³/mol. The largest absolute Gasteiger partial charge is 0.496 e. The van der Waals surface area contributed by atoms with Gasteiger partial charge in [-0.3, -0.25) is 4.31 Å². The van der Waals surface area contributed by atoms with Gasteiger partial charge in [-0.05, 0) is 51.8 Å². The number of ether oxygens (including phenoxy) is 1. The zero-order valence-electron chi connectivity index (χ0n) is 14.2. The van der Waals surface area contributed by atoms with Crippen molar-refractivity contribution in [2.75, 3.05) is 11.4 Å². The van der Waals surface area contributed by atoms with Gasteiger partial charge in [0.25, 0.3) is 10.0 Å². The van der Waals surface area contributed by atoms with E-state index in [9.17, 15) is 8.42 Å². The molecule has 3 aromatic rings. The fourth-order valence-corrected chi connectivity index (χ4v) is 4.77. The third kappa shape index (κ3) is 3.92. The minimum absolute atomic E-state index is 0.199. The van der Waals surface area contributed by atoms with E-state index in [1.165, 1.54) is 4.31 Å². The summed E-state index contributed by atoms with van der Waals surface area (Å²) in [7, 11) is -2.21. The Morgan fingerprint density at radius 1 is 0.923 bits per heavy atom. The summed E-state index contributed by atoms with van der Waals surface area (Å²) in [6.07, 6.45) is 0. The summed E-state index contributed by atoms with van der Waals surface area (Å²) in [6.45, 7) is 0.247. The fourth-order valence-electron chi connectivity index (χ4n) is 2.59. The van der Waals surface area contributed by atoms with E-state index < -0.39 is 10.0 Å².